The zero-order chi connectivity index (χ0) is 36.5. The largest absolute Gasteiger partial charge is 0.481 e. The van der Waals surface area contributed by atoms with Gasteiger partial charge in [-0.05, 0) is 6.07 Å². The standard InChI is InChI=1S/C29H42N6O14/c36-23(30-21-2-1-20(22(11-21)49-19-29(47)48)12-35(17-27(43)44)18-28(45)46)13-31-3-5-32(14-24(37)38)7-9-34(16-26(41)42)10-8-33(6-4-31)15-25(39)40/h1-2,11H,3-10,12-19H2,(H,30,36)(H,37,38)(H,39,40)(H,41,42)(H,43,44)(H,45,46)(H,47,48). The smallest absolute Gasteiger partial charge is 0.341 e. The summed E-state index contributed by atoms with van der Waals surface area (Å²) in [7, 11) is 0. The van der Waals surface area contributed by atoms with Crippen molar-refractivity contribution in [2.75, 3.05) is 104 Å². The number of carboxylic acid groups (broad SMARTS) is 6. The molecule has 1 aliphatic heterocycles. The van der Waals surface area contributed by atoms with Gasteiger partial charge >= 0.3 is 35.8 Å². The summed E-state index contributed by atoms with van der Waals surface area (Å²) in [6, 6.07) is 4.20. The number of aliphatic carboxylic acids is 6. The molecule has 0 unspecified atom stereocenters. The zero-order valence-corrected chi connectivity index (χ0v) is 26.7. The molecule has 20 heteroatoms. The third-order valence-corrected chi connectivity index (χ3v) is 7.19. The lowest BCUT2D eigenvalue weighted by molar-refractivity contribution is -0.142. The van der Waals surface area contributed by atoms with Crippen LogP contribution < -0.4 is 10.1 Å². The second-order valence-corrected chi connectivity index (χ2v) is 11.3. The van der Waals surface area contributed by atoms with Gasteiger partial charge in [-0.1, -0.05) is 6.07 Å². The normalized spacial score (nSPS) is 15.9. The molecule has 20 nitrogen and oxygen atoms in total. The molecule has 0 atom stereocenters. The van der Waals surface area contributed by atoms with E-state index in [1.165, 1.54) is 18.2 Å². The molecule has 49 heavy (non-hydrogen) atoms. The Morgan fingerprint density at radius 3 is 1.37 bits per heavy atom. The molecule has 0 bridgehead atoms. The third-order valence-electron chi connectivity index (χ3n) is 7.19. The van der Waals surface area contributed by atoms with Crippen molar-refractivity contribution in [1.82, 2.24) is 24.5 Å². The van der Waals surface area contributed by atoms with Crippen molar-refractivity contribution >= 4 is 47.4 Å². The highest BCUT2D eigenvalue weighted by atomic mass is 16.5. The number of ether oxygens (including phenoxy) is 1. The molecule has 2 rings (SSSR count). The fourth-order valence-electron chi connectivity index (χ4n) is 5.02. The average Bonchev–Trinajstić information content (AvgIpc) is 2.97. The van der Waals surface area contributed by atoms with Crippen LogP contribution in [0.1, 0.15) is 5.56 Å². The Labute approximate surface area is 280 Å². The highest BCUT2D eigenvalue weighted by molar-refractivity contribution is 5.92. The molecular weight excluding hydrogens is 656 g/mol. The fraction of sp³-hybridized carbons (Fsp3) is 0.552. The van der Waals surface area contributed by atoms with Gasteiger partial charge in [-0.3, -0.25) is 53.3 Å². The topological polar surface area (TPSA) is 278 Å². The molecule has 1 heterocycles. The van der Waals surface area contributed by atoms with E-state index in [-0.39, 0.29) is 102 Å². The Morgan fingerprint density at radius 2 is 1.00 bits per heavy atom. The van der Waals surface area contributed by atoms with Gasteiger partial charge in [0, 0.05) is 76.2 Å². The summed E-state index contributed by atoms with van der Waals surface area (Å²) in [5, 5.41) is 58.2. The first-order valence-corrected chi connectivity index (χ1v) is 15.1. The number of carbonyl (C=O) groups is 7. The monoisotopic (exact) mass is 698 g/mol. The van der Waals surface area contributed by atoms with Crippen LogP contribution in [0.2, 0.25) is 0 Å². The predicted molar refractivity (Wildman–Crippen MR) is 167 cm³/mol. The molecule has 0 saturated carbocycles. The number of hydrogen-bond acceptors (Lipinski definition) is 13. The van der Waals surface area contributed by atoms with E-state index >= 15 is 0 Å². The van der Waals surface area contributed by atoms with E-state index in [4.69, 9.17) is 20.1 Å². The second-order valence-electron chi connectivity index (χ2n) is 11.3. The van der Waals surface area contributed by atoms with Crippen LogP contribution in [0.25, 0.3) is 0 Å². The lowest BCUT2D eigenvalue weighted by Gasteiger charge is -2.32. The molecular formula is C29H42N6O14. The molecule has 0 spiro atoms. The van der Waals surface area contributed by atoms with Crippen LogP contribution in [0.15, 0.2) is 18.2 Å². The van der Waals surface area contributed by atoms with Crippen LogP contribution >= 0.6 is 0 Å². The first-order chi connectivity index (χ1) is 23.1. The van der Waals surface area contributed by atoms with E-state index in [0.717, 1.165) is 4.90 Å². The van der Waals surface area contributed by atoms with E-state index < -0.39 is 61.4 Å². The van der Waals surface area contributed by atoms with Crippen molar-refractivity contribution in [2.24, 2.45) is 0 Å². The van der Waals surface area contributed by atoms with Crippen LogP contribution in [0.5, 0.6) is 5.75 Å². The number of carboxylic acids is 6. The predicted octanol–water partition coefficient (Wildman–Crippen LogP) is -2.46. The molecule has 1 fully saturated rings. The van der Waals surface area contributed by atoms with Gasteiger partial charge in [0.05, 0.1) is 39.3 Å². The van der Waals surface area contributed by atoms with Crippen LogP contribution in [-0.2, 0) is 40.1 Å². The Bertz CT molecular complexity index is 1300. The van der Waals surface area contributed by atoms with E-state index in [1.54, 1.807) is 19.6 Å². The summed E-state index contributed by atoms with van der Waals surface area (Å²) in [5.74, 6) is -7.68. The number of nitrogens with one attached hydrogen (secondary N) is 1. The average molecular weight is 699 g/mol. The lowest BCUT2D eigenvalue weighted by atomic mass is 10.1. The summed E-state index contributed by atoms with van der Waals surface area (Å²) < 4.78 is 5.35. The fourth-order valence-corrected chi connectivity index (χ4v) is 5.02. The maximum absolute atomic E-state index is 13.2. The van der Waals surface area contributed by atoms with Crippen LogP contribution in [0.3, 0.4) is 0 Å². The molecule has 1 aromatic carbocycles. The van der Waals surface area contributed by atoms with Crippen molar-refractivity contribution < 1.29 is 68.9 Å². The van der Waals surface area contributed by atoms with Gasteiger partial charge in [0.15, 0.2) is 6.61 Å². The summed E-state index contributed by atoms with van der Waals surface area (Å²) in [6.45, 7) is -1.73. The van der Waals surface area contributed by atoms with E-state index in [9.17, 15) is 48.9 Å². The van der Waals surface area contributed by atoms with Crippen molar-refractivity contribution in [3.8, 4) is 5.75 Å². The number of anilines is 1. The van der Waals surface area contributed by atoms with Gasteiger partial charge in [-0.15, -0.1) is 0 Å². The van der Waals surface area contributed by atoms with Crippen molar-refractivity contribution in [3.05, 3.63) is 23.8 Å². The van der Waals surface area contributed by atoms with E-state index in [1.807, 2.05) is 0 Å². The van der Waals surface area contributed by atoms with Crippen molar-refractivity contribution in [1.29, 1.82) is 0 Å². The third kappa shape index (κ3) is 17.2. The summed E-state index contributed by atoms with van der Waals surface area (Å²) in [4.78, 5) is 88.9. The van der Waals surface area contributed by atoms with Gasteiger partial charge in [0.1, 0.15) is 5.75 Å². The molecule has 0 aromatic heterocycles. The van der Waals surface area contributed by atoms with Gasteiger partial charge in [-0.25, -0.2) is 4.79 Å². The molecule has 1 amide bonds. The van der Waals surface area contributed by atoms with Crippen LogP contribution in [0.4, 0.5) is 5.69 Å². The molecule has 272 valence electrons. The minimum Gasteiger partial charge on any atom is -0.481 e. The van der Waals surface area contributed by atoms with Gasteiger partial charge in [0.25, 0.3) is 0 Å². The summed E-state index contributed by atoms with van der Waals surface area (Å²) in [5.41, 5.74) is 0.453. The number of benzene rings is 1. The molecule has 0 radical (unpaired) electrons. The number of rotatable bonds is 18. The number of hydrogen-bond donors (Lipinski definition) is 7. The van der Waals surface area contributed by atoms with E-state index in [2.05, 4.69) is 5.32 Å². The van der Waals surface area contributed by atoms with E-state index in [0.29, 0.717) is 0 Å². The van der Waals surface area contributed by atoms with Crippen molar-refractivity contribution in [3.63, 3.8) is 0 Å². The minimum atomic E-state index is -1.31. The molecule has 1 saturated heterocycles. The first kappa shape index (κ1) is 40.3. The molecule has 1 aromatic rings. The highest BCUT2D eigenvalue weighted by Crippen LogP contribution is 2.25. The maximum atomic E-state index is 13.2. The van der Waals surface area contributed by atoms with Gasteiger partial charge in [-0.2, -0.15) is 0 Å². The summed E-state index contributed by atoms with van der Waals surface area (Å²) >= 11 is 0. The Morgan fingerprint density at radius 1 is 0.592 bits per heavy atom. The highest BCUT2D eigenvalue weighted by Gasteiger charge is 2.22. The van der Waals surface area contributed by atoms with Crippen LogP contribution in [0, 0.1) is 0 Å². The van der Waals surface area contributed by atoms with Crippen LogP contribution in [-0.4, -0.2) is 195 Å². The number of amides is 1. The zero-order valence-electron chi connectivity index (χ0n) is 26.7. The molecule has 7 N–H and O–H groups in total. The lowest BCUT2D eigenvalue weighted by Crippen LogP contribution is -2.49. The summed E-state index contributed by atoms with van der Waals surface area (Å²) in [6.07, 6.45) is 0. The van der Waals surface area contributed by atoms with Gasteiger partial charge < -0.3 is 40.7 Å². The Kier molecular flexibility index (Phi) is 16.8. The molecule has 1 aliphatic rings. The minimum absolute atomic E-state index is 0.0298. The van der Waals surface area contributed by atoms with Gasteiger partial charge in [0.2, 0.25) is 5.91 Å². The van der Waals surface area contributed by atoms with Crippen molar-refractivity contribution in [2.45, 2.75) is 6.54 Å². The SMILES string of the molecule is O=C(O)COc1cc(NC(=O)CN2CCN(CC(=O)O)CCN(CC(=O)O)CCN(CC(=O)O)CC2)ccc1CN(CC(=O)O)CC(=O)O. The number of nitrogens with zero attached hydrogens (tertiary/aromatic N) is 5. The quantitative estimate of drug-likeness (QED) is 0.0837. The molecule has 0 aliphatic carbocycles. The number of carbonyl (C=O) groups excluding carboxylic acids is 1. The maximum Gasteiger partial charge on any atom is 0.341 e. The first-order valence-electron chi connectivity index (χ1n) is 15.1. The Balaban J connectivity index is 2.25. The second kappa shape index (κ2) is 20.5. The Hall–Kier alpha value is -4.89.